The molecule has 0 aromatic heterocycles. The summed E-state index contributed by atoms with van der Waals surface area (Å²) < 4.78 is 52.0. The number of unbranched alkanes of at least 4 members (excludes halogenated alkanes) is 8. The summed E-state index contributed by atoms with van der Waals surface area (Å²) in [5, 5.41) is 56.5. The van der Waals surface area contributed by atoms with Gasteiger partial charge >= 0.3 is 27.6 Å². The average Bonchev–Trinajstić information content (AvgIpc) is 3.32. The molecule has 71 heavy (non-hydrogen) atoms. The Morgan fingerprint density at radius 1 is 0.831 bits per heavy atom. The van der Waals surface area contributed by atoms with E-state index in [4.69, 9.17) is 23.0 Å². The Balaban J connectivity index is 2.20. The maximum absolute atomic E-state index is 13.8. The molecule has 404 valence electrons. The van der Waals surface area contributed by atoms with E-state index < -0.39 is 107 Å². The minimum absolute atomic E-state index is 0.0218. The summed E-state index contributed by atoms with van der Waals surface area (Å²) in [6.07, 6.45) is 20.8. The summed E-state index contributed by atoms with van der Waals surface area (Å²) in [5.41, 5.74) is 0. The van der Waals surface area contributed by atoms with Gasteiger partial charge in [-0.05, 0) is 83.1 Å². The van der Waals surface area contributed by atoms with Gasteiger partial charge in [0, 0.05) is 18.8 Å². The van der Waals surface area contributed by atoms with Crippen molar-refractivity contribution in [1.82, 2.24) is 0 Å². The van der Waals surface area contributed by atoms with Crippen molar-refractivity contribution in [3.8, 4) is 0 Å². The molecule has 0 aromatic rings. The molecule has 11 atom stereocenters. The van der Waals surface area contributed by atoms with Gasteiger partial charge < -0.3 is 49.7 Å². The summed E-state index contributed by atoms with van der Waals surface area (Å²) in [7, 11) is -11.4. The van der Waals surface area contributed by atoms with Crippen molar-refractivity contribution in [3.05, 3.63) is 85.1 Å². The number of phosphoric ester groups is 2. The number of esters is 2. The van der Waals surface area contributed by atoms with Crippen molar-refractivity contribution >= 4 is 33.4 Å². The van der Waals surface area contributed by atoms with E-state index in [1.165, 1.54) is 31.4 Å². The number of ketones is 1. The van der Waals surface area contributed by atoms with Crippen molar-refractivity contribution in [2.45, 2.75) is 191 Å². The number of allylic oxidation sites excluding steroid dienone is 11. The van der Waals surface area contributed by atoms with Crippen LogP contribution < -0.4 is 0 Å². The van der Waals surface area contributed by atoms with Crippen LogP contribution in [0.25, 0.3) is 0 Å². The molecular formula is C51H82O18P2. The normalized spacial score (nSPS) is 29.5. The second kappa shape index (κ2) is 36.7. The molecule has 0 spiro atoms. The van der Waals surface area contributed by atoms with Crippen LogP contribution in [0.3, 0.4) is 0 Å². The van der Waals surface area contributed by atoms with E-state index in [-0.39, 0.29) is 32.1 Å². The van der Waals surface area contributed by atoms with Crippen molar-refractivity contribution in [2.24, 2.45) is 11.8 Å². The third kappa shape index (κ3) is 28.7. The maximum Gasteiger partial charge on any atom is 0.472 e. The number of fused-ring (bicyclic) bond motifs is 4. The van der Waals surface area contributed by atoms with Gasteiger partial charge in [0.15, 0.2) is 11.9 Å². The fourth-order valence-electron chi connectivity index (χ4n) is 7.62. The van der Waals surface area contributed by atoms with E-state index >= 15 is 0 Å². The number of carbonyl (C=O) groups excluding carboxylic acids is 3. The van der Waals surface area contributed by atoms with Gasteiger partial charge in [-0.1, -0.05) is 131 Å². The highest BCUT2D eigenvalue weighted by Crippen LogP contribution is 2.49. The van der Waals surface area contributed by atoms with Crippen molar-refractivity contribution < 1.29 is 86.8 Å². The largest absolute Gasteiger partial charge is 0.472 e. The highest BCUT2D eigenvalue weighted by atomic mass is 31.2. The molecule has 0 aromatic carbocycles. The van der Waals surface area contributed by atoms with Crippen LogP contribution in [0.5, 0.6) is 0 Å². The van der Waals surface area contributed by atoms with E-state index in [9.17, 15) is 63.7 Å². The lowest BCUT2D eigenvalue weighted by molar-refractivity contribution is -0.163. The second-order valence-electron chi connectivity index (χ2n) is 17.8. The Hall–Kier alpha value is -3.19. The van der Waals surface area contributed by atoms with Crippen molar-refractivity contribution in [1.29, 1.82) is 0 Å². The monoisotopic (exact) mass is 1040 g/mol. The Morgan fingerprint density at radius 3 is 2.08 bits per heavy atom. The Bertz CT molecular complexity index is 1840. The molecule has 1 aliphatic heterocycles. The third-order valence-electron chi connectivity index (χ3n) is 11.7. The molecule has 0 saturated heterocycles. The lowest BCUT2D eigenvalue weighted by Gasteiger charge is -2.38. The number of rotatable bonds is 26. The molecule has 0 radical (unpaired) electrons. The van der Waals surface area contributed by atoms with Crippen LogP contribution in [-0.4, -0.2) is 120 Å². The first-order valence-corrected chi connectivity index (χ1v) is 28.2. The third-order valence-corrected chi connectivity index (χ3v) is 13.2. The van der Waals surface area contributed by atoms with Crippen LogP contribution in [0.2, 0.25) is 0 Å². The molecule has 0 fully saturated rings. The molecular weight excluding hydrogens is 962 g/mol. The van der Waals surface area contributed by atoms with E-state index in [1.54, 1.807) is 12.2 Å². The number of cyclic esters (lactones) is 1. The SMILES string of the molecule is CCCCC/C=C\C/C=C\C/C=C\C/C=C\CCCCCC(=O)OC[C@@H]1COP(=O)(O)O[C@H]2[C@H](O)[C@@H](O)[C@H](O)[C@H](/C=C\C(=O)[C@H](/C=C/[C@@H](O)CCCCC)[C@@H](O)[C@H]2OP(=O)(O)O)C/C=C\CCCC(=O)O1. The first kappa shape index (κ1) is 63.9. The standard InChI is InChI=1S/C51H82O18P2/c1-3-5-7-8-9-10-11-12-13-14-15-16-17-18-19-20-21-22-27-31-44(54)65-37-41-38-66-71(63,64)69-51-49(59)48(58)46(56)39(29-26-23-24-28-32-45(55)67-41)33-36-43(53)42(35-34-40(52)30-25-6-4-2)47(57)50(51)68-70(60,61)62/h9-10,12-13,15-16,18-19,23,26,33-36,39-42,46-52,56-59H,3-8,11,14,17,20-22,24-25,27-32,37-38H2,1-2H3,(H,63,64)(H2,60,61,62)/b10-9-,13-12-,16-15-,19-18-,26-23-,35-34+,36-33-/t39-,40-,41+,42-,46+,47+,48-,49+,50+,51-/m0/s1. The molecule has 20 heteroatoms. The Morgan fingerprint density at radius 2 is 1.45 bits per heavy atom. The molecule has 1 aliphatic carbocycles. The van der Waals surface area contributed by atoms with Crippen LogP contribution >= 0.6 is 15.6 Å². The molecule has 0 amide bonds. The molecule has 2 rings (SSSR count). The number of hydrogen-bond donors (Lipinski definition) is 8. The second-order valence-corrected chi connectivity index (χ2v) is 20.4. The van der Waals surface area contributed by atoms with Gasteiger partial charge in [0.25, 0.3) is 0 Å². The van der Waals surface area contributed by atoms with Crippen LogP contribution in [0, 0.1) is 11.8 Å². The number of ether oxygens (including phenoxy) is 2. The number of phosphoric acid groups is 2. The Labute approximate surface area is 420 Å². The van der Waals surface area contributed by atoms with Gasteiger partial charge in [-0.25, -0.2) is 9.13 Å². The number of aliphatic hydroxyl groups is 5. The van der Waals surface area contributed by atoms with E-state index in [0.717, 1.165) is 69.9 Å². The van der Waals surface area contributed by atoms with E-state index in [2.05, 4.69) is 55.5 Å². The van der Waals surface area contributed by atoms with Gasteiger partial charge in [0.1, 0.15) is 31.0 Å². The fraction of sp³-hybridized carbons (Fsp3) is 0.667. The zero-order valence-corrected chi connectivity index (χ0v) is 43.3. The quantitative estimate of drug-likeness (QED) is 0.0177. The Kier molecular flexibility index (Phi) is 33.0. The summed E-state index contributed by atoms with van der Waals surface area (Å²) in [4.78, 5) is 70.4. The first-order chi connectivity index (χ1) is 33.9. The molecule has 1 unspecified atom stereocenters. The number of carbonyl (C=O) groups is 3. The van der Waals surface area contributed by atoms with E-state index in [1.807, 2.05) is 6.92 Å². The highest BCUT2D eigenvalue weighted by molar-refractivity contribution is 7.47. The molecule has 0 saturated carbocycles. The first-order valence-electron chi connectivity index (χ1n) is 25.2. The predicted octanol–water partition coefficient (Wildman–Crippen LogP) is 7.79. The summed E-state index contributed by atoms with van der Waals surface area (Å²) >= 11 is 0. The smallest absolute Gasteiger partial charge is 0.462 e. The van der Waals surface area contributed by atoms with Crippen LogP contribution in [0.15, 0.2) is 85.1 Å². The molecule has 2 aliphatic rings. The van der Waals surface area contributed by atoms with Crippen LogP contribution in [-0.2, 0) is 46.6 Å². The molecule has 2 bridgehead atoms. The van der Waals surface area contributed by atoms with Gasteiger partial charge in [-0.2, -0.15) is 0 Å². The van der Waals surface area contributed by atoms with E-state index in [0.29, 0.717) is 19.3 Å². The lowest BCUT2D eigenvalue weighted by Crippen LogP contribution is -2.56. The van der Waals surface area contributed by atoms with Crippen molar-refractivity contribution in [2.75, 3.05) is 13.2 Å². The lowest BCUT2D eigenvalue weighted by atomic mass is 9.87. The number of aliphatic hydroxyl groups excluding tert-OH is 5. The van der Waals surface area contributed by atoms with Gasteiger partial charge in [0.2, 0.25) is 0 Å². The summed E-state index contributed by atoms with van der Waals surface area (Å²) in [6, 6.07) is 0. The minimum Gasteiger partial charge on any atom is -0.462 e. The van der Waals surface area contributed by atoms with Gasteiger partial charge in [-0.3, -0.25) is 28.0 Å². The number of hydrogen-bond acceptors (Lipinski definition) is 15. The highest BCUT2D eigenvalue weighted by Gasteiger charge is 2.50. The van der Waals surface area contributed by atoms with Crippen LogP contribution in [0.1, 0.15) is 142 Å². The topological polar surface area (TPSA) is 293 Å². The zero-order chi connectivity index (χ0) is 52.5. The molecule has 8 N–H and O–H groups in total. The predicted molar refractivity (Wildman–Crippen MR) is 268 cm³/mol. The fourth-order valence-corrected chi connectivity index (χ4v) is 9.15. The van der Waals surface area contributed by atoms with Crippen LogP contribution in [0.4, 0.5) is 0 Å². The maximum atomic E-state index is 13.8. The summed E-state index contributed by atoms with van der Waals surface area (Å²) in [5.74, 6) is -5.33. The van der Waals surface area contributed by atoms with Gasteiger partial charge in [-0.15, -0.1) is 0 Å². The molecule has 1 heterocycles. The van der Waals surface area contributed by atoms with Crippen molar-refractivity contribution in [3.63, 3.8) is 0 Å². The summed E-state index contributed by atoms with van der Waals surface area (Å²) in [6.45, 7) is 2.55. The average molecular weight is 1050 g/mol. The molecule has 18 nitrogen and oxygen atoms in total. The minimum atomic E-state index is -5.76. The zero-order valence-electron chi connectivity index (χ0n) is 41.5. The van der Waals surface area contributed by atoms with Gasteiger partial charge in [0.05, 0.1) is 30.8 Å².